The van der Waals surface area contributed by atoms with Gasteiger partial charge in [-0.3, -0.25) is 9.78 Å². The van der Waals surface area contributed by atoms with Gasteiger partial charge in [-0.1, -0.05) is 6.07 Å². The molecule has 1 heterocycles. The van der Waals surface area contributed by atoms with Crippen LogP contribution in [0, 0.1) is 0 Å². The molecule has 4 N–H and O–H groups in total. The number of carbonyl (C=O) groups is 1. The van der Waals surface area contributed by atoms with E-state index in [1.54, 1.807) is 25.3 Å². The predicted octanol–water partition coefficient (Wildman–Crippen LogP) is -0.349. The Labute approximate surface area is 88.3 Å². The molecule has 1 amide bonds. The van der Waals surface area contributed by atoms with Crippen molar-refractivity contribution in [1.82, 2.24) is 10.3 Å². The van der Waals surface area contributed by atoms with Gasteiger partial charge in [0.15, 0.2) is 0 Å². The van der Waals surface area contributed by atoms with Crippen LogP contribution < -0.4 is 11.1 Å². The number of primary amides is 1. The third-order valence-electron chi connectivity index (χ3n) is 1.85. The van der Waals surface area contributed by atoms with E-state index in [4.69, 9.17) is 10.8 Å². The molecule has 0 saturated carbocycles. The summed E-state index contributed by atoms with van der Waals surface area (Å²) >= 11 is 0. The second kappa shape index (κ2) is 5.43. The third-order valence-corrected chi connectivity index (χ3v) is 1.85. The molecule has 1 atom stereocenters. The topological polar surface area (TPSA) is 88.2 Å². The van der Waals surface area contributed by atoms with Crippen molar-refractivity contribution in [3.05, 3.63) is 29.6 Å². The summed E-state index contributed by atoms with van der Waals surface area (Å²) in [5.41, 5.74) is 6.26. The Hall–Kier alpha value is -1.46. The van der Waals surface area contributed by atoms with E-state index in [1.165, 1.54) is 0 Å². The highest BCUT2D eigenvalue weighted by molar-refractivity contribution is 5.90. The summed E-state index contributed by atoms with van der Waals surface area (Å²) in [6.07, 6.45) is 1.22. The Kier molecular flexibility index (Phi) is 4.20. The molecule has 0 bridgehead atoms. The van der Waals surface area contributed by atoms with Crippen LogP contribution in [0.3, 0.4) is 0 Å². The van der Waals surface area contributed by atoms with Crippen molar-refractivity contribution in [2.45, 2.75) is 19.6 Å². The van der Waals surface area contributed by atoms with E-state index in [2.05, 4.69) is 10.3 Å². The number of aliphatic hydroxyl groups excluding tert-OH is 1. The average Bonchev–Trinajstić information content (AvgIpc) is 2.18. The van der Waals surface area contributed by atoms with Crippen molar-refractivity contribution in [1.29, 1.82) is 0 Å². The standard InChI is InChI=1S/C10H15N3O2/c1-7(14)4-12-5-8-2-3-9(10(11)15)13-6-8/h2-3,6-7,12,14H,4-5H2,1H3,(H2,11,15)/t7-/m1/s1. The lowest BCUT2D eigenvalue weighted by atomic mass is 10.2. The van der Waals surface area contributed by atoms with Gasteiger partial charge in [-0.05, 0) is 18.6 Å². The summed E-state index contributed by atoms with van der Waals surface area (Å²) in [6.45, 7) is 2.84. The number of aliphatic hydroxyl groups is 1. The van der Waals surface area contributed by atoms with Crippen molar-refractivity contribution >= 4 is 5.91 Å². The van der Waals surface area contributed by atoms with Crippen molar-refractivity contribution < 1.29 is 9.90 Å². The number of nitrogens with zero attached hydrogens (tertiary/aromatic N) is 1. The number of amides is 1. The van der Waals surface area contributed by atoms with Crippen LogP contribution in [0.25, 0.3) is 0 Å². The molecule has 0 unspecified atom stereocenters. The summed E-state index contributed by atoms with van der Waals surface area (Å²) in [6, 6.07) is 3.36. The Morgan fingerprint density at radius 3 is 2.87 bits per heavy atom. The van der Waals surface area contributed by atoms with Gasteiger partial charge in [-0.25, -0.2) is 0 Å². The summed E-state index contributed by atoms with van der Waals surface area (Å²) in [4.78, 5) is 14.6. The smallest absolute Gasteiger partial charge is 0.267 e. The second-order valence-corrected chi connectivity index (χ2v) is 3.40. The Morgan fingerprint density at radius 1 is 1.67 bits per heavy atom. The number of carbonyl (C=O) groups excluding carboxylic acids is 1. The summed E-state index contributed by atoms with van der Waals surface area (Å²) < 4.78 is 0. The average molecular weight is 209 g/mol. The van der Waals surface area contributed by atoms with Crippen LogP contribution in [0.4, 0.5) is 0 Å². The highest BCUT2D eigenvalue weighted by atomic mass is 16.3. The zero-order chi connectivity index (χ0) is 11.3. The van der Waals surface area contributed by atoms with Crippen LogP contribution >= 0.6 is 0 Å². The van der Waals surface area contributed by atoms with E-state index in [-0.39, 0.29) is 11.8 Å². The first-order chi connectivity index (χ1) is 7.09. The minimum Gasteiger partial charge on any atom is -0.392 e. The molecule has 5 heteroatoms. The summed E-state index contributed by atoms with van der Waals surface area (Å²) in [7, 11) is 0. The molecule has 0 aromatic carbocycles. The van der Waals surface area contributed by atoms with Gasteiger partial charge in [0.2, 0.25) is 0 Å². The van der Waals surface area contributed by atoms with Gasteiger partial charge in [0, 0.05) is 19.3 Å². The fourth-order valence-corrected chi connectivity index (χ4v) is 1.10. The molecule has 5 nitrogen and oxygen atoms in total. The minimum atomic E-state index is -0.529. The number of hydrogen-bond donors (Lipinski definition) is 3. The Bertz CT molecular complexity index is 322. The van der Waals surface area contributed by atoms with Crippen LogP contribution in [0.15, 0.2) is 18.3 Å². The highest BCUT2D eigenvalue weighted by Gasteiger charge is 2.01. The fraction of sp³-hybridized carbons (Fsp3) is 0.400. The van der Waals surface area contributed by atoms with Gasteiger partial charge in [-0.2, -0.15) is 0 Å². The normalized spacial score (nSPS) is 12.4. The lowest BCUT2D eigenvalue weighted by Gasteiger charge is -2.06. The molecule has 1 aromatic heterocycles. The van der Waals surface area contributed by atoms with E-state index < -0.39 is 5.91 Å². The van der Waals surface area contributed by atoms with Crippen molar-refractivity contribution in [2.24, 2.45) is 5.73 Å². The molecule has 0 radical (unpaired) electrons. The van der Waals surface area contributed by atoms with Gasteiger partial charge < -0.3 is 16.2 Å². The first-order valence-electron chi connectivity index (χ1n) is 4.73. The number of aromatic nitrogens is 1. The molecule has 0 saturated heterocycles. The quantitative estimate of drug-likeness (QED) is 0.618. The SMILES string of the molecule is C[C@@H](O)CNCc1ccc(C(N)=O)nc1. The minimum absolute atomic E-state index is 0.259. The van der Waals surface area contributed by atoms with Crippen molar-refractivity contribution in [2.75, 3.05) is 6.54 Å². The Balaban J connectivity index is 2.46. The van der Waals surface area contributed by atoms with Gasteiger partial charge in [0.25, 0.3) is 5.91 Å². The molecule has 15 heavy (non-hydrogen) atoms. The summed E-state index contributed by atoms with van der Waals surface area (Å²) in [5.74, 6) is -0.529. The maximum Gasteiger partial charge on any atom is 0.267 e. The highest BCUT2D eigenvalue weighted by Crippen LogP contribution is 1.99. The van der Waals surface area contributed by atoms with Crippen LogP contribution in [0.5, 0.6) is 0 Å². The first-order valence-corrected chi connectivity index (χ1v) is 4.73. The van der Waals surface area contributed by atoms with Crippen LogP contribution in [-0.2, 0) is 6.54 Å². The first kappa shape index (κ1) is 11.6. The lowest BCUT2D eigenvalue weighted by molar-refractivity contribution is 0.0995. The van der Waals surface area contributed by atoms with Gasteiger partial charge in [-0.15, -0.1) is 0 Å². The van der Waals surface area contributed by atoms with Crippen molar-refractivity contribution in [3.8, 4) is 0 Å². The van der Waals surface area contributed by atoms with Gasteiger partial charge >= 0.3 is 0 Å². The van der Waals surface area contributed by atoms with Crippen LogP contribution in [0.1, 0.15) is 23.0 Å². The molecule has 0 aliphatic rings. The fourth-order valence-electron chi connectivity index (χ4n) is 1.10. The maximum atomic E-state index is 10.7. The number of nitrogens with two attached hydrogens (primary N) is 1. The zero-order valence-corrected chi connectivity index (χ0v) is 8.60. The number of hydrogen-bond acceptors (Lipinski definition) is 4. The second-order valence-electron chi connectivity index (χ2n) is 3.40. The molecule has 82 valence electrons. The van der Waals surface area contributed by atoms with E-state index in [9.17, 15) is 4.79 Å². The Morgan fingerprint density at radius 2 is 2.40 bits per heavy atom. The van der Waals surface area contributed by atoms with Gasteiger partial charge in [0.05, 0.1) is 6.10 Å². The van der Waals surface area contributed by atoms with Crippen LogP contribution in [0.2, 0.25) is 0 Å². The predicted molar refractivity (Wildman–Crippen MR) is 56.1 cm³/mol. The number of pyridine rings is 1. The molecule has 1 aromatic rings. The third kappa shape index (κ3) is 4.05. The van der Waals surface area contributed by atoms with Crippen molar-refractivity contribution in [3.63, 3.8) is 0 Å². The molecule has 0 aliphatic heterocycles. The largest absolute Gasteiger partial charge is 0.392 e. The number of nitrogens with one attached hydrogen (secondary N) is 1. The van der Waals surface area contributed by atoms with E-state index in [1.807, 2.05) is 0 Å². The summed E-state index contributed by atoms with van der Waals surface area (Å²) in [5, 5.41) is 12.1. The van der Waals surface area contributed by atoms with E-state index in [0.29, 0.717) is 13.1 Å². The number of rotatable bonds is 5. The van der Waals surface area contributed by atoms with E-state index >= 15 is 0 Å². The molecular weight excluding hydrogens is 194 g/mol. The molecule has 0 fully saturated rings. The molecule has 1 rings (SSSR count). The monoisotopic (exact) mass is 209 g/mol. The molecule has 0 aliphatic carbocycles. The lowest BCUT2D eigenvalue weighted by Crippen LogP contribution is -2.24. The van der Waals surface area contributed by atoms with Crippen LogP contribution in [-0.4, -0.2) is 28.6 Å². The maximum absolute atomic E-state index is 10.7. The molecule has 0 spiro atoms. The van der Waals surface area contributed by atoms with Gasteiger partial charge in [0.1, 0.15) is 5.69 Å². The van der Waals surface area contributed by atoms with E-state index in [0.717, 1.165) is 5.56 Å². The zero-order valence-electron chi connectivity index (χ0n) is 8.60. The molecular formula is C10H15N3O2.